The zero-order valence-corrected chi connectivity index (χ0v) is 12.6. The first-order chi connectivity index (χ1) is 10.1. The van der Waals surface area contributed by atoms with Gasteiger partial charge in [-0.15, -0.1) is 0 Å². The van der Waals surface area contributed by atoms with E-state index < -0.39 is 11.9 Å². The molecule has 0 fully saturated rings. The minimum Gasteiger partial charge on any atom is -0.545 e. The third kappa shape index (κ3) is 8.09. The van der Waals surface area contributed by atoms with Gasteiger partial charge < -0.3 is 19.7 Å². The summed E-state index contributed by atoms with van der Waals surface area (Å²) in [4.78, 5) is 21.9. The maximum Gasteiger partial charge on any atom is 0.338 e. The highest BCUT2D eigenvalue weighted by Gasteiger charge is 2.11. The molecule has 1 rings (SSSR count). The molecule has 0 spiro atoms. The van der Waals surface area contributed by atoms with Gasteiger partial charge in [0.2, 0.25) is 0 Å². The second-order valence-electron chi connectivity index (χ2n) is 4.34. The average molecular weight is 295 g/mol. The van der Waals surface area contributed by atoms with Crippen molar-refractivity contribution in [2.75, 3.05) is 13.2 Å². The molecule has 118 valence electrons. The van der Waals surface area contributed by atoms with Gasteiger partial charge in [-0.1, -0.05) is 44.4 Å². The number of aliphatic hydroxyl groups is 1. The Labute approximate surface area is 125 Å². The number of carbonyl (C=O) groups is 2. The van der Waals surface area contributed by atoms with Crippen LogP contribution in [0.1, 0.15) is 60.2 Å². The molecule has 21 heavy (non-hydrogen) atoms. The van der Waals surface area contributed by atoms with Gasteiger partial charge in [0.05, 0.1) is 18.1 Å². The number of carbonyl (C=O) groups excluding carboxylic acids is 2. The van der Waals surface area contributed by atoms with E-state index in [1.54, 1.807) is 13.0 Å². The Morgan fingerprint density at radius 3 is 2.19 bits per heavy atom. The third-order valence-corrected chi connectivity index (χ3v) is 2.65. The summed E-state index contributed by atoms with van der Waals surface area (Å²) in [5, 5.41) is 18.9. The van der Waals surface area contributed by atoms with Gasteiger partial charge in [-0.05, 0) is 19.4 Å². The Morgan fingerprint density at radius 2 is 1.71 bits per heavy atom. The number of hydrogen-bond acceptors (Lipinski definition) is 5. The largest absolute Gasteiger partial charge is 0.545 e. The van der Waals surface area contributed by atoms with Crippen LogP contribution in [0.25, 0.3) is 0 Å². The molecule has 1 N–H and O–H groups in total. The van der Waals surface area contributed by atoms with Gasteiger partial charge in [-0.3, -0.25) is 0 Å². The number of carboxylic acids is 1. The average Bonchev–Trinajstić information content (AvgIpc) is 2.48. The maximum atomic E-state index is 11.3. The van der Waals surface area contributed by atoms with Crippen LogP contribution in [-0.2, 0) is 4.74 Å². The van der Waals surface area contributed by atoms with E-state index in [1.165, 1.54) is 37.5 Å². The maximum absolute atomic E-state index is 11.3. The fourth-order valence-electron chi connectivity index (χ4n) is 1.59. The fraction of sp³-hybridized carbons (Fsp3) is 0.500. The van der Waals surface area contributed by atoms with E-state index in [-0.39, 0.29) is 17.7 Å². The number of aliphatic hydroxyl groups excluding tert-OH is 1. The van der Waals surface area contributed by atoms with Crippen LogP contribution in [0.15, 0.2) is 24.3 Å². The molecule has 1 aromatic rings. The molecule has 0 unspecified atom stereocenters. The van der Waals surface area contributed by atoms with E-state index in [1.807, 2.05) is 0 Å². The quantitative estimate of drug-likeness (QED) is 0.612. The van der Waals surface area contributed by atoms with Crippen molar-refractivity contribution < 1.29 is 24.5 Å². The van der Waals surface area contributed by atoms with Crippen molar-refractivity contribution >= 4 is 11.9 Å². The second-order valence-corrected chi connectivity index (χ2v) is 4.34. The molecule has 0 bridgehead atoms. The monoisotopic (exact) mass is 295 g/mol. The normalized spacial score (nSPS) is 9.48. The lowest BCUT2D eigenvalue weighted by atomic mass is 10.1. The van der Waals surface area contributed by atoms with Gasteiger partial charge in [0, 0.05) is 12.2 Å². The summed E-state index contributed by atoms with van der Waals surface area (Å²) in [5.41, 5.74) is -0.125. The molecule has 0 aliphatic rings. The first-order valence-corrected chi connectivity index (χ1v) is 7.16. The summed E-state index contributed by atoms with van der Waals surface area (Å²) in [6, 6.07) is 5.79. The number of ether oxygens (including phenoxy) is 1. The first kappa shape index (κ1) is 19.1. The zero-order chi connectivity index (χ0) is 16.1. The molecule has 5 nitrogen and oxygen atoms in total. The van der Waals surface area contributed by atoms with Gasteiger partial charge in [0.1, 0.15) is 0 Å². The van der Waals surface area contributed by atoms with Crippen LogP contribution in [-0.4, -0.2) is 30.3 Å². The molecule has 1 aromatic carbocycles. The zero-order valence-electron chi connectivity index (χ0n) is 12.6. The number of benzene rings is 1. The minimum atomic E-state index is -1.38. The smallest absolute Gasteiger partial charge is 0.338 e. The summed E-state index contributed by atoms with van der Waals surface area (Å²) in [5.74, 6) is -2.03. The molecule has 0 radical (unpaired) electrons. The number of hydrogen-bond donors (Lipinski definition) is 1. The molecule has 0 amide bonds. The Bertz CT molecular complexity index is 424. The molecular weight excluding hydrogens is 272 g/mol. The minimum absolute atomic E-state index is 0.0225. The summed E-state index contributed by atoms with van der Waals surface area (Å²) in [6.45, 7) is 4.39. The van der Waals surface area contributed by atoms with E-state index in [2.05, 4.69) is 11.7 Å². The van der Waals surface area contributed by atoms with E-state index in [0.717, 1.165) is 6.42 Å². The topological polar surface area (TPSA) is 86.7 Å². The fourth-order valence-corrected chi connectivity index (χ4v) is 1.59. The molecule has 0 atom stereocenters. The van der Waals surface area contributed by atoms with Crippen molar-refractivity contribution in [3.05, 3.63) is 35.4 Å². The van der Waals surface area contributed by atoms with Crippen LogP contribution in [0.4, 0.5) is 0 Å². The van der Waals surface area contributed by atoms with Gasteiger partial charge in [0.15, 0.2) is 0 Å². The van der Waals surface area contributed by atoms with Crippen LogP contribution in [0, 0.1) is 0 Å². The van der Waals surface area contributed by atoms with Crippen LogP contribution >= 0.6 is 0 Å². The van der Waals surface area contributed by atoms with Crippen LogP contribution < -0.4 is 5.11 Å². The van der Waals surface area contributed by atoms with Gasteiger partial charge in [-0.2, -0.15) is 0 Å². The Morgan fingerprint density at radius 1 is 1.10 bits per heavy atom. The number of aromatic carboxylic acids is 1. The Hall–Kier alpha value is -1.88. The molecular formula is C16H23O5-. The molecule has 0 saturated carbocycles. The molecule has 0 aromatic heterocycles. The van der Waals surface area contributed by atoms with Crippen LogP contribution in [0.5, 0.6) is 0 Å². The van der Waals surface area contributed by atoms with Gasteiger partial charge in [-0.25, -0.2) is 4.79 Å². The summed E-state index contributed by atoms with van der Waals surface area (Å²) in [6.07, 6.45) is 4.68. The van der Waals surface area contributed by atoms with Crippen molar-refractivity contribution in [3.8, 4) is 0 Å². The van der Waals surface area contributed by atoms with Gasteiger partial charge in [0.25, 0.3) is 0 Å². The number of unbranched alkanes of at least 4 members (excludes halogenated alkanes) is 3. The summed E-state index contributed by atoms with van der Waals surface area (Å²) < 4.78 is 4.69. The first-order valence-electron chi connectivity index (χ1n) is 7.16. The lowest BCUT2D eigenvalue weighted by molar-refractivity contribution is -0.255. The Kier molecular flexibility index (Phi) is 10.8. The van der Waals surface area contributed by atoms with Crippen LogP contribution in [0.3, 0.4) is 0 Å². The van der Waals surface area contributed by atoms with Gasteiger partial charge >= 0.3 is 5.97 Å². The van der Waals surface area contributed by atoms with Crippen LogP contribution in [0.2, 0.25) is 0 Å². The van der Waals surface area contributed by atoms with E-state index in [4.69, 9.17) is 5.11 Å². The van der Waals surface area contributed by atoms with Crippen molar-refractivity contribution in [1.29, 1.82) is 0 Å². The summed E-state index contributed by atoms with van der Waals surface area (Å²) >= 11 is 0. The SMILES string of the molecule is CCCCCCO.CCOC(=O)c1ccccc1C(=O)[O-]. The third-order valence-electron chi connectivity index (χ3n) is 2.65. The molecule has 0 aliphatic heterocycles. The number of rotatable bonds is 7. The van der Waals surface area contributed by atoms with Crippen molar-refractivity contribution in [2.45, 2.75) is 39.5 Å². The van der Waals surface area contributed by atoms with Crippen molar-refractivity contribution in [3.63, 3.8) is 0 Å². The molecule has 0 saturated heterocycles. The van der Waals surface area contributed by atoms with Crippen molar-refractivity contribution in [2.24, 2.45) is 0 Å². The number of carboxylic acid groups (broad SMARTS) is 1. The lowest BCUT2D eigenvalue weighted by Crippen LogP contribution is -2.25. The standard InChI is InChI=1S/C10H10O4.C6H14O/c1-2-14-10(13)8-6-4-3-5-7(8)9(11)12;1-2-3-4-5-6-7/h3-6H,2H2,1H3,(H,11,12);7H,2-6H2,1H3/p-1. The van der Waals surface area contributed by atoms with E-state index >= 15 is 0 Å². The molecule has 0 aliphatic carbocycles. The Balaban J connectivity index is 0.000000486. The second kappa shape index (κ2) is 11.9. The molecule has 0 heterocycles. The highest BCUT2D eigenvalue weighted by atomic mass is 16.5. The molecule has 5 heteroatoms. The predicted molar refractivity (Wildman–Crippen MR) is 78.0 cm³/mol. The van der Waals surface area contributed by atoms with Crippen molar-refractivity contribution in [1.82, 2.24) is 0 Å². The highest BCUT2D eigenvalue weighted by Crippen LogP contribution is 2.09. The summed E-state index contributed by atoms with van der Waals surface area (Å²) in [7, 11) is 0. The predicted octanol–water partition coefficient (Wildman–Crippen LogP) is 1.79. The van der Waals surface area contributed by atoms with E-state index in [0.29, 0.717) is 6.61 Å². The highest BCUT2D eigenvalue weighted by molar-refractivity contribution is 6.01. The number of esters is 1. The lowest BCUT2D eigenvalue weighted by Gasteiger charge is -2.08. The van der Waals surface area contributed by atoms with E-state index in [9.17, 15) is 14.7 Å².